The van der Waals surface area contributed by atoms with E-state index in [-0.39, 0.29) is 29.7 Å². The van der Waals surface area contributed by atoms with Gasteiger partial charge in [0, 0.05) is 43.3 Å². The van der Waals surface area contributed by atoms with E-state index in [4.69, 9.17) is 0 Å². The van der Waals surface area contributed by atoms with Crippen LogP contribution in [0.3, 0.4) is 0 Å². The van der Waals surface area contributed by atoms with E-state index in [1.807, 2.05) is 4.90 Å². The number of carbonyl (C=O) groups is 1. The lowest BCUT2D eigenvalue weighted by atomic mass is 10.1. The molecule has 5 nitrogen and oxygen atoms in total. The fourth-order valence-electron chi connectivity index (χ4n) is 5.05. The fourth-order valence-corrected chi connectivity index (χ4v) is 5.05. The van der Waals surface area contributed by atoms with Crippen molar-refractivity contribution in [1.82, 2.24) is 15.5 Å². The van der Waals surface area contributed by atoms with Crippen molar-refractivity contribution in [3.63, 3.8) is 0 Å². The van der Waals surface area contributed by atoms with Gasteiger partial charge in [-0.05, 0) is 38.3 Å². The minimum Gasteiger partial charge on any atom is -0.364 e. The van der Waals surface area contributed by atoms with E-state index in [9.17, 15) is 9.18 Å². The largest absolute Gasteiger partial charge is 0.364 e. The summed E-state index contributed by atoms with van der Waals surface area (Å²) in [6.45, 7) is 3.15. The van der Waals surface area contributed by atoms with Gasteiger partial charge in [-0.1, -0.05) is 0 Å². The van der Waals surface area contributed by atoms with Crippen LogP contribution in [0.15, 0.2) is 6.07 Å². The van der Waals surface area contributed by atoms with E-state index < -0.39 is 11.6 Å². The molecule has 26 heavy (non-hydrogen) atoms. The zero-order valence-electron chi connectivity index (χ0n) is 14.7. The summed E-state index contributed by atoms with van der Waals surface area (Å²) in [5.74, 6) is -1.39. The molecule has 1 aromatic carbocycles. The normalized spacial score (nSPS) is 30.8. The van der Waals surface area contributed by atoms with Crippen LogP contribution in [-0.2, 0) is 6.54 Å². The Labute approximate surface area is 151 Å². The van der Waals surface area contributed by atoms with Gasteiger partial charge in [-0.3, -0.25) is 4.79 Å². The lowest BCUT2D eigenvalue weighted by Crippen LogP contribution is -2.51. The molecule has 4 aliphatic heterocycles. The number of hydrogen-bond acceptors (Lipinski definition) is 4. The van der Waals surface area contributed by atoms with Crippen molar-refractivity contribution in [1.29, 1.82) is 0 Å². The zero-order chi connectivity index (χ0) is 17.8. The summed E-state index contributed by atoms with van der Waals surface area (Å²) in [7, 11) is 0. The molecule has 0 aliphatic carbocycles. The van der Waals surface area contributed by atoms with E-state index in [1.165, 1.54) is 6.07 Å². The molecule has 2 bridgehead atoms. The van der Waals surface area contributed by atoms with Gasteiger partial charge in [0.15, 0.2) is 5.82 Å². The Morgan fingerprint density at radius 1 is 1.12 bits per heavy atom. The third-order valence-electron chi connectivity index (χ3n) is 6.36. The smallest absolute Gasteiger partial charge is 0.255 e. The second-order valence-electron chi connectivity index (χ2n) is 8.02. The van der Waals surface area contributed by atoms with Gasteiger partial charge in [-0.25, -0.2) is 8.78 Å². The van der Waals surface area contributed by atoms with Crippen LogP contribution in [0.25, 0.3) is 0 Å². The Bertz CT molecular complexity index is 738. The molecule has 3 atom stereocenters. The number of benzene rings is 1. The number of nitrogens with one attached hydrogen (secondary N) is 2. The maximum atomic E-state index is 15.3. The van der Waals surface area contributed by atoms with Crippen molar-refractivity contribution in [3.05, 3.63) is 28.8 Å². The molecule has 5 rings (SSSR count). The van der Waals surface area contributed by atoms with Gasteiger partial charge in [-0.15, -0.1) is 0 Å². The second-order valence-corrected chi connectivity index (χ2v) is 8.02. The summed E-state index contributed by atoms with van der Waals surface area (Å²) >= 11 is 0. The average molecular weight is 362 g/mol. The van der Waals surface area contributed by atoms with Gasteiger partial charge in [0.25, 0.3) is 5.91 Å². The van der Waals surface area contributed by atoms with Crippen LogP contribution in [0.2, 0.25) is 0 Å². The number of rotatable bonds is 2. The third kappa shape index (κ3) is 2.52. The molecule has 4 heterocycles. The minimum atomic E-state index is -0.612. The van der Waals surface area contributed by atoms with E-state index in [0.717, 1.165) is 38.8 Å². The SMILES string of the molecule is O=C1c2cc(F)c(N3CC4CCC(C3)N4)c(F)c2CN1C1CCCNC1. The number of piperazine rings is 1. The second kappa shape index (κ2) is 6.16. The lowest BCUT2D eigenvalue weighted by molar-refractivity contribution is 0.0674. The van der Waals surface area contributed by atoms with Crippen LogP contribution < -0.4 is 15.5 Å². The molecule has 0 radical (unpaired) electrons. The zero-order valence-corrected chi connectivity index (χ0v) is 14.7. The first kappa shape index (κ1) is 16.4. The summed E-state index contributed by atoms with van der Waals surface area (Å²) in [6, 6.07) is 1.92. The molecule has 2 N–H and O–H groups in total. The number of nitrogens with zero attached hydrogens (tertiary/aromatic N) is 2. The molecule has 3 unspecified atom stereocenters. The number of halogens is 2. The maximum absolute atomic E-state index is 15.3. The van der Waals surface area contributed by atoms with Crippen molar-refractivity contribution < 1.29 is 13.6 Å². The van der Waals surface area contributed by atoms with Crippen LogP contribution >= 0.6 is 0 Å². The Morgan fingerprint density at radius 3 is 2.58 bits per heavy atom. The van der Waals surface area contributed by atoms with Crippen LogP contribution in [0.4, 0.5) is 14.5 Å². The van der Waals surface area contributed by atoms with Crippen LogP contribution in [0.5, 0.6) is 0 Å². The number of fused-ring (bicyclic) bond motifs is 3. The molecule has 4 aliphatic rings. The lowest BCUT2D eigenvalue weighted by Gasteiger charge is -2.35. The highest BCUT2D eigenvalue weighted by Gasteiger charge is 2.40. The van der Waals surface area contributed by atoms with Crippen molar-refractivity contribution in [2.24, 2.45) is 0 Å². The highest BCUT2D eigenvalue weighted by atomic mass is 19.1. The molecule has 140 valence electrons. The number of hydrogen-bond donors (Lipinski definition) is 2. The third-order valence-corrected chi connectivity index (χ3v) is 6.36. The molecule has 7 heteroatoms. The van der Waals surface area contributed by atoms with E-state index in [0.29, 0.717) is 30.7 Å². The number of anilines is 1. The van der Waals surface area contributed by atoms with Gasteiger partial charge in [-0.2, -0.15) is 0 Å². The Balaban J connectivity index is 1.47. The van der Waals surface area contributed by atoms with Gasteiger partial charge in [0.1, 0.15) is 11.5 Å². The van der Waals surface area contributed by atoms with Crippen LogP contribution in [0.1, 0.15) is 41.6 Å². The first-order valence-electron chi connectivity index (χ1n) is 9.65. The summed E-state index contributed by atoms with van der Waals surface area (Å²) in [6.07, 6.45) is 4.01. The van der Waals surface area contributed by atoms with Gasteiger partial charge >= 0.3 is 0 Å². The van der Waals surface area contributed by atoms with E-state index in [2.05, 4.69) is 10.6 Å². The first-order valence-corrected chi connectivity index (χ1v) is 9.65. The Morgan fingerprint density at radius 2 is 1.88 bits per heavy atom. The standard InChI is InChI=1S/C19H24F2N4O/c20-16-6-14-15(10-25(19(14)26)13-2-1-5-22-7-13)17(21)18(16)24-8-11-3-4-12(9-24)23-11/h6,11-13,22-23H,1-5,7-10H2. The predicted octanol–water partition coefficient (Wildman–Crippen LogP) is 1.61. The summed E-state index contributed by atoms with van der Waals surface area (Å²) < 4.78 is 30.1. The van der Waals surface area contributed by atoms with Gasteiger partial charge < -0.3 is 20.4 Å². The first-order chi connectivity index (χ1) is 12.6. The van der Waals surface area contributed by atoms with Crippen LogP contribution in [0, 0.1) is 11.6 Å². The van der Waals surface area contributed by atoms with Crippen molar-refractivity contribution >= 4 is 11.6 Å². The van der Waals surface area contributed by atoms with Crippen molar-refractivity contribution in [3.8, 4) is 0 Å². The predicted molar refractivity (Wildman–Crippen MR) is 94.3 cm³/mol. The van der Waals surface area contributed by atoms with Crippen molar-refractivity contribution in [2.75, 3.05) is 31.1 Å². The number of piperidine rings is 1. The van der Waals surface area contributed by atoms with E-state index >= 15 is 4.39 Å². The Hall–Kier alpha value is -1.73. The fraction of sp³-hybridized carbons (Fsp3) is 0.632. The van der Waals surface area contributed by atoms with Crippen molar-refractivity contribution in [2.45, 2.75) is 50.4 Å². The molecule has 3 saturated heterocycles. The average Bonchev–Trinajstić information content (AvgIpc) is 3.15. The quantitative estimate of drug-likeness (QED) is 0.839. The van der Waals surface area contributed by atoms with E-state index in [1.54, 1.807) is 4.90 Å². The Kier molecular flexibility index (Phi) is 3.90. The molecular formula is C19H24F2N4O. The highest BCUT2D eigenvalue weighted by Crippen LogP contribution is 2.37. The van der Waals surface area contributed by atoms with Crippen LogP contribution in [-0.4, -0.2) is 55.1 Å². The molecule has 1 aromatic rings. The molecule has 3 fully saturated rings. The molecule has 0 saturated carbocycles. The molecule has 0 aromatic heterocycles. The molecular weight excluding hydrogens is 338 g/mol. The van der Waals surface area contributed by atoms with Gasteiger partial charge in [0.2, 0.25) is 0 Å². The summed E-state index contributed by atoms with van der Waals surface area (Å²) in [5.41, 5.74) is 0.619. The monoisotopic (exact) mass is 362 g/mol. The highest BCUT2D eigenvalue weighted by molar-refractivity contribution is 5.99. The molecule has 1 amide bonds. The topological polar surface area (TPSA) is 47.6 Å². The van der Waals surface area contributed by atoms with Gasteiger partial charge in [0.05, 0.1) is 12.1 Å². The molecule has 0 spiro atoms. The summed E-state index contributed by atoms with van der Waals surface area (Å²) in [4.78, 5) is 16.3. The summed E-state index contributed by atoms with van der Waals surface area (Å²) in [5, 5.41) is 6.77. The number of amides is 1. The number of carbonyl (C=O) groups excluding carboxylic acids is 1. The minimum absolute atomic E-state index is 0.0542. The maximum Gasteiger partial charge on any atom is 0.255 e.